The number of nitrogens with one attached hydrogen (secondary N) is 1. The number of nitrogens with two attached hydrogens (primary N) is 1. The van der Waals surface area contributed by atoms with Gasteiger partial charge in [-0.2, -0.15) is 4.98 Å². The molecule has 0 amide bonds. The largest absolute Gasteiger partial charge is 0.351 e. The Labute approximate surface area is 215 Å². The highest BCUT2D eigenvalue weighted by molar-refractivity contribution is 6.33. The second-order valence-corrected chi connectivity index (χ2v) is 9.83. The monoisotopic (exact) mass is 503 g/mol. The lowest BCUT2D eigenvalue weighted by Crippen LogP contribution is -2.30. The molecule has 3 heterocycles. The lowest BCUT2D eigenvalue weighted by Gasteiger charge is -2.28. The Morgan fingerprint density at radius 2 is 1.89 bits per heavy atom. The summed E-state index contributed by atoms with van der Waals surface area (Å²) in [4.78, 5) is 31.5. The van der Waals surface area contributed by atoms with E-state index in [1.54, 1.807) is 23.2 Å². The number of halogens is 1. The molecule has 0 bridgehead atoms. The average Bonchev–Trinajstić information content (AvgIpc) is 2.89. The van der Waals surface area contributed by atoms with Crippen LogP contribution in [0.4, 0.5) is 5.95 Å². The summed E-state index contributed by atoms with van der Waals surface area (Å²) in [5, 5.41) is 4.72. The SMILES string of the molecule is CCn1c(=O)c(-c2ccc(-c3cncc(C)n3)cc2Cl)cc2cnc(N[C@H]3CC[C@H](CN)CC3)nc21. The number of aromatic nitrogens is 5. The summed E-state index contributed by atoms with van der Waals surface area (Å²) >= 11 is 6.68. The zero-order chi connectivity index (χ0) is 25.2. The molecule has 4 aromatic rings. The van der Waals surface area contributed by atoms with Gasteiger partial charge in [0.25, 0.3) is 5.56 Å². The first-order chi connectivity index (χ1) is 17.5. The number of rotatable bonds is 6. The van der Waals surface area contributed by atoms with Crippen LogP contribution in [0.5, 0.6) is 0 Å². The molecule has 8 nitrogen and oxygen atoms in total. The average molecular weight is 504 g/mol. The maximum Gasteiger partial charge on any atom is 0.260 e. The van der Waals surface area contributed by atoms with Gasteiger partial charge in [-0.1, -0.05) is 23.7 Å². The molecule has 0 radical (unpaired) electrons. The van der Waals surface area contributed by atoms with Crippen molar-refractivity contribution in [1.29, 1.82) is 0 Å². The number of hydrogen-bond donors (Lipinski definition) is 2. The summed E-state index contributed by atoms with van der Waals surface area (Å²) in [6, 6.07) is 7.74. The van der Waals surface area contributed by atoms with Gasteiger partial charge in [0.1, 0.15) is 5.65 Å². The maximum absolute atomic E-state index is 13.5. The molecule has 9 heteroatoms. The highest BCUT2D eigenvalue weighted by atomic mass is 35.5. The van der Waals surface area contributed by atoms with Gasteiger partial charge in [-0.05, 0) is 64.1 Å². The summed E-state index contributed by atoms with van der Waals surface area (Å²) < 4.78 is 1.68. The third-order valence-corrected chi connectivity index (χ3v) is 7.28. The molecule has 0 spiro atoms. The Kier molecular flexibility index (Phi) is 6.98. The molecule has 5 rings (SSSR count). The second-order valence-electron chi connectivity index (χ2n) is 9.42. The van der Waals surface area contributed by atoms with Crippen molar-refractivity contribution in [2.45, 2.75) is 52.1 Å². The summed E-state index contributed by atoms with van der Waals surface area (Å²) in [6.45, 7) is 5.06. The standard InChI is InChI=1S/C27H30ClN7O/c1-3-35-25-19(14-31-27(34-25)33-20-7-4-17(12-29)5-8-20)10-22(26(35)36)21-9-6-18(11-23(21)28)24-15-30-13-16(2)32-24/h6,9-11,13-15,17,20H,3-5,7-8,12,29H2,1-2H3,(H,31,33,34)/t17-,20-. The maximum atomic E-state index is 13.5. The molecule has 0 saturated heterocycles. The van der Waals surface area contributed by atoms with Gasteiger partial charge in [-0.15, -0.1) is 0 Å². The molecule has 3 N–H and O–H groups in total. The van der Waals surface area contributed by atoms with Crippen LogP contribution in [-0.2, 0) is 6.54 Å². The molecule has 3 aromatic heterocycles. The Bertz CT molecular complexity index is 1460. The molecule has 1 aromatic carbocycles. The smallest absolute Gasteiger partial charge is 0.260 e. The molecule has 1 aliphatic rings. The van der Waals surface area contributed by atoms with Crippen molar-refractivity contribution in [1.82, 2.24) is 24.5 Å². The van der Waals surface area contributed by atoms with Crippen LogP contribution in [0.15, 0.2) is 47.7 Å². The van der Waals surface area contributed by atoms with E-state index in [-0.39, 0.29) is 5.56 Å². The van der Waals surface area contributed by atoms with Crippen molar-refractivity contribution in [3.05, 3.63) is 63.9 Å². The van der Waals surface area contributed by atoms with E-state index in [4.69, 9.17) is 22.3 Å². The van der Waals surface area contributed by atoms with Gasteiger partial charge in [0, 0.05) is 52.1 Å². The van der Waals surface area contributed by atoms with Crippen molar-refractivity contribution >= 4 is 28.6 Å². The van der Waals surface area contributed by atoms with Crippen LogP contribution < -0.4 is 16.6 Å². The van der Waals surface area contributed by atoms with Crippen molar-refractivity contribution in [2.75, 3.05) is 11.9 Å². The second kappa shape index (κ2) is 10.3. The van der Waals surface area contributed by atoms with Gasteiger partial charge in [-0.3, -0.25) is 14.3 Å². The van der Waals surface area contributed by atoms with Crippen molar-refractivity contribution in [3.63, 3.8) is 0 Å². The van der Waals surface area contributed by atoms with Gasteiger partial charge < -0.3 is 11.1 Å². The lowest BCUT2D eigenvalue weighted by molar-refractivity contribution is 0.344. The van der Waals surface area contributed by atoms with E-state index in [2.05, 4.69) is 20.3 Å². The van der Waals surface area contributed by atoms with Crippen LogP contribution in [0.25, 0.3) is 33.4 Å². The Balaban J connectivity index is 1.48. The Morgan fingerprint density at radius 1 is 1.08 bits per heavy atom. The van der Waals surface area contributed by atoms with Crippen LogP contribution in [0.1, 0.15) is 38.3 Å². The highest BCUT2D eigenvalue weighted by Gasteiger charge is 2.21. The molecule has 0 aliphatic heterocycles. The van der Waals surface area contributed by atoms with E-state index < -0.39 is 0 Å². The zero-order valence-electron chi connectivity index (χ0n) is 20.5. The first-order valence-electron chi connectivity index (χ1n) is 12.4. The number of hydrogen-bond acceptors (Lipinski definition) is 7. The fourth-order valence-electron chi connectivity index (χ4n) is 4.94. The first-order valence-corrected chi connectivity index (χ1v) is 12.8. The summed E-state index contributed by atoms with van der Waals surface area (Å²) in [6.07, 6.45) is 9.50. The normalized spacial score (nSPS) is 17.9. The molecule has 0 atom stereocenters. The van der Waals surface area contributed by atoms with E-state index in [1.165, 1.54) is 0 Å². The highest BCUT2D eigenvalue weighted by Crippen LogP contribution is 2.32. The first kappa shape index (κ1) is 24.3. The van der Waals surface area contributed by atoms with E-state index in [1.807, 2.05) is 38.1 Å². The quantitative estimate of drug-likeness (QED) is 0.387. The topological polar surface area (TPSA) is 112 Å². The molecule has 1 fully saturated rings. The third-order valence-electron chi connectivity index (χ3n) is 6.97. The Hall–Kier alpha value is -3.36. The predicted octanol–water partition coefficient (Wildman–Crippen LogP) is 4.83. The molecule has 0 unspecified atom stereocenters. The van der Waals surface area contributed by atoms with Crippen molar-refractivity contribution < 1.29 is 0 Å². The fraction of sp³-hybridized carbons (Fsp3) is 0.370. The summed E-state index contributed by atoms with van der Waals surface area (Å²) in [7, 11) is 0. The molecule has 1 aliphatic carbocycles. The predicted molar refractivity (Wildman–Crippen MR) is 144 cm³/mol. The lowest BCUT2D eigenvalue weighted by atomic mass is 9.86. The van der Waals surface area contributed by atoms with E-state index in [9.17, 15) is 4.79 Å². The third kappa shape index (κ3) is 4.83. The molecular weight excluding hydrogens is 474 g/mol. The van der Waals surface area contributed by atoms with Gasteiger partial charge in [0.2, 0.25) is 5.95 Å². The van der Waals surface area contributed by atoms with Crippen LogP contribution in [0.3, 0.4) is 0 Å². The minimum Gasteiger partial charge on any atom is -0.351 e. The van der Waals surface area contributed by atoms with Gasteiger partial charge in [0.05, 0.1) is 17.6 Å². The van der Waals surface area contributed by atoms with Gasteiger partial charge in [0.15, 0.2) is 0 Å². The number of pyridine rings is 1. The van der Waals surface area contributed by atoms with Gasteiger partial charge in [-0.25, -0.2) is 9.97 Å². The molecular formula is C27H30ClN7O. The number of aryl methyl sites for hydroxylation is 2. The van der Waals surface area contributed by atoms with Gasteiger partial charge >= 0.3 is 0 Å². The molecule has 36 heavy (non-hydrogen) atoms. The number of benzene rings is 1. The summed E-state index contributed by atoms with van der Waals surface area (Å²) in [5.41, 5.74) is 9.88. The molecule has 1 saturated carbocycles. The van der Waals surface area contributed by atoms with E-state index >= 15 is 0 Å². The number of anilines is 1. The molecule has 186 valence electrons. The summed E-state index contributed by atoms with van der Waals surface area (Å²) in [5.74, 6) is 1.16. The van der Waals surface area contributed by atoms with Crippen LogP contribution in [-0.4, -0.2) is 37.1 Å². The van der Waals surface area contributed by atoms with Crippen LogP contribution in [0.2, 0.25) is 5.02 Å². The zero-order valence-corrected chi connectivity index (χ0v) is 21.3. The minimum absolute atomic E-state index is 0.136. The van der Waals surface area contributed by atoms with E-state index in [0.717, 1.165) is 54.6 Å². The van der Waals surface area contributed by atoms with Crippen LogP contribution >= 0.6 is 11.6 Å². The fourth-order valence-corrected chi connectivity index (χ4v) is 5.22. The minimum atomic E-state index is -0.136. The number of nitrogens with zero attached hydrogens (tertiary/aromatic N) is 5. The van der Waals surface area contributed by atoms with Crippen LogP contribution in [0, 0.1) is 12.8 Å². The van der Waals surface area contributed by atoms with Crippen molar-refractivity contribution in [3.8, 4) is 22.4 Å². The van der Waals surface area contributed by atoms with Crippen molar-refractivity contribution in [2.24, 2.45) is 11.7 Å². The van der Waals surface area contributed by atoms with E-state index in [0.29, 0.717) is 46.2 Å². The Morgan fingerprint density at radius 3 is 2.58 bits per heavy atom. The number of fused-ring (bicyclic) bond motifs is 1.